The molecule has 2 heterocycles. The van der Waals surface area contributed by atoms with E-state index in [0.29, 0.717) is 36.3 Å². The van der Waals surface area contributed by atoms with Gasteiger partial charge in [-0.05, 0) is 44.0 Å². The van der Waals surface area contributed by atoms with Crippen LogP contribution in [0.4, 0.5) is 17.5 Å². The molecule has 4 rings (SSSR count). The van der Waals surface area contributed by atoms with Crippen molar-refractivity contribution in [2.45, 2.75) is 33.3 Å². The van der Waals surface area contributed by atoms with E-state index in [1.54, 1.807) is 11.1 Å². The normalized spacial score (nSPS) is 14.4. The maximum atomic E-state index is 13.6. The molecular weight excluding hydrogens is 476 g/mol. The van der Waals surface area contributed by atoms with Gasteiger partial charge >= 0.3 is 0 Å². The molecule has 1 unspecified atom stereocenters. The van der Waals surface area contributed by atoms with Crippen LogP contribution in [0, 0.1) is 5.92 Å². The molecule has 38 heavy (non-hydrogen) atoms. The van der Waals surface area contributed by atoms with Crippen LogP contribution in [0.1, 0.15) is 36.7 Å². The van der Waals surface area contributed by atoms with Crippen LogP contribution in [0.5, 0.6) is 5.75 Å². The van der Waals surface area contributed by atoms with Crippen LogP contribution in [0.3, 0.4) is 0 Å². The molecule has 1 aliphatic heterocycles. The largest absolute Gasteiger partial charge is 0.489 e. The molecule has 8 heteroatoms. The lowest BCUT2D eigenvalue weighted by Crippen LogP contribution is -2.37. The van der Waals surface area contributed by atoms with Gasteiger partial charge in [0.25, 0.3) is 5.91 Å². The Labute approximate surface area is 226 Å². The fourth-order valence-corrected chi connectivity index (χ4v) is 4.55. The number of ether oxygens (including phenoxy) is 1. The van der Waals surface area contributed by atoms with E-state index < -0.39 is 0 Å². The summed E-state index contributed by atoms with van der Waals surface area (Å²) in [6.07, 6.45) is 2.65. The third-order valence-corrected chi connectivity index (χ3v) is 6.88. The third-order valence-electron chi connectivity index (χ3n) is 6.88. The van der Waals surface area contributed by atoms with E-state index in [1.165, 1.54) is 5.56 Å². The lowest BCUT2D eigenvalue weighted by atomic mass is 10.1. The Bertz CT molecular complexity index is 1200. The molecule has 2 aromatic carbocycles. The van der Waals surface area contributed by atoms with Crippen molar-refractivity contribution in [3.8, 4) is 5.75 Å². The molecule has 0 saturated heterocycles. The van der Waals surface area contributed by atoms with E-state index in [4.69, 9.17) is 4.74 Å². The van der Waals surface area contributed by atoms with Crippen molar-refractivity contribution in [2.75, 3.05) is 61.9 Å². The Kier molecular flexibility index (Phi) is 9.18. The smallest absolute Gasteiger partial charge is 0.263 e. The van der Waals surface area contributed by atoms with Crippen molar-refractivity contribution in [3.63, 3.8) is 0 Å². The second-order valence-electron chi connectivity index (χ2n) is 10.2. The molecule has 0 saturated carbocycles. The first kappa shape index (κ1) is 27.4. The van der Waals surface area contributed by atoms with Gasteiger partial charge < -0.3 is 24.8 Å². The summed E-state index contributed by atoms with van der Waals surface area (Å²) in [6.45, 7) is 10.1. The van der Waals surface area contributed by atoms with Gasteiger partial charge in [-0.25, -0.2) is 4.98 Å². The Hall–Kier alpha value is -3.65. The topological polar surface area (TPSA) is 73.8 Å². The second-order valence-corrected chi connectivity index (χ2v) is 10.2. The summed E-state index contributed by atoms with van der Waals surface area (Å²) < 4.78 is 6.51. The number of nitrogens with zero attached hydrogens (tertiary/aromatic N) is 5. The monoisotopic (exact) mass is 516 g/mol. The van der Waals surface area contributed by atoms with Gasteiger partial charge in [-0.3, -0.25) is 4.79 Å². The molecular formula is C30H40N6O2. The number of amides is 1. The van der Waals surface area contributed by atoms with Gasteiger partial charge in [-0.1, -0.05) is 50.2 Å². The van der Waals surface area contributed by atoms with Gasteiger partial charge in [-0.15, -0.1) is 0 Å². The van der Waals surface area contributed by atoms with Crippen molar-refractivity contribution >= 4 is 23.4 Å². The lowest BCUT2D eigenvalue weighted by Gasteiger charge is -2.28. The van der Waals surface area contributed by atoms with Gasteiger partial charge in [0, 0.05) is 57.7 Å². The minimum absolute atomic E-state index is 0.0237. The highest BCUT2D eigenvalue weighted by Gasteiger charge is 2.28. The van der Waals surface area contributed by atoms with E-state index in [1.807, 2.05) is 43.1 Å². The fraction of sp³-hybridized carbons (Fsp3) is 0.433. The predicted octanol–water partition coefficient (Wildman–Crippen LogP) is 4.58. The number of carbonyl (C=O) groups is 1. The van der Waals surface area contributed by atoms with E-state index in [-0.39, 0.29) is 12.0 Å². The molecule has 0 radical (unpaired) electrons. The number of hydrogen-bond donors (Lipinski definition) is 1. The summed E-state index contributed by atoms with van der Waals surface area (Å²) in [5.74, 6) is 2.17. The van der Waals surface area contributed by atoms with Gasteiger partial charge in [0.2, 0.25) is 5.95 Å². The zero-order valence-electron chi connectivity index (χ0n) is 23.2. The molecule has 0 spiro atoms. The summed E-state index contributed by atoms with van der Waals surface area (Å²) >= 11 is 0. The standard InChI is InChI=1S/C30H40N6O2/c1-6-31-30-32-20-26-28(33-30)35(5)17-18-36(29(26)37)24-13-10-14-25(19-24)38-27(22(2)3)21-34(4)16-15-23-11-8-7-9-12-23/h7-14,19-20,22,27H,6,15-18,21H2,1-5H3,(H,31,32,33). The number of fused-ring (bicyclic) bond motifs is 1. The molecule has 0 aliphatic carbocycles. The van der Waals surface area contributed by atoms with Crippen molar-refractivity contribution in [1.29, 1.82) is 0 Å². The quantitative estimate of drug-likeness (QED) is 0.400. The van der Waals surface area contributed by atoms with E-state index in [0.717, 1.165) is 37.5 Å². The summed E-state index contributed by atoms with van der Waals surface area (Å²) in [7, 11) is 4.10. The highest BCUT2D eigenvalue weighted by Crippen LogP contribution is 2.29. The average molecular weight is 517 g/mol. The SMILES string of the molecule is CCNc1ncc2c(n1)N(C)CCN(c1cccc(OC(CN(C)CCc3ccccc3)C(C)C)c1)C2=O. The first-order chi connectivity index (χ1) is 18.4. The van der Waals surface area contributed by atoms with Crippen LogP contribution in [-0.4, -0.2) is 73.7 Å². The molecule has 1 atom stereocenters. The summed E-state index contributed by atoms with van der Waals surface area (Å²) in [5.41, 5.74) is 2.65. The third kappa shape index (κ3) is 6.81. The molecule has 1 amide bonds. The van der Waals surface area contributed by atoms with Crippen molar-refractivity contribution in [3.05, 3.63) is 71.9 Å². The van der Waals surface area contributed by atoms with Crippen LogP contribution in [0.2, 0.25) is 0 Å². The van der Waals surface area contributed by atoms with Crippen LogP contribution in [0.15, 0.2) is 60.8 Å². The number of rotatable bonds is 11. The Morgan fingerprint density at radius 3 is 2.63 bits per heavy atom. The van der Waals surface area contributed by atoms with Gasteiger partial charge in [-0.2, -0.15) is 4.98 Å². The van der Waals surface area contributed by atoms with Gasteiger partial charge in [0.05, 0.1) is 0 Å². The van der Waals surface area contributed by atoms with E-state index >= 15 is 0 Å². The first-order valence-corrected chi connectivity index (χ1v) is 13.5. The molecule has 0 bridgehead atoms. The Morgan fingerprint density at radius 1 is 1.11 bits per heavy atom. The molecule has 8 nitrogen and oxygen atoms in total. The van der Waals surface area contributed by atoms with Crippen molar-refractivity contribution < 1.29 is 9.53 Å². The summed E-state index contributed by atoms with van der Waals surface area (Å²) in [6, 6.07) is 18.4. The molecule has 1 aliphatic rings. The van der Waals surface area contributed by atoms with Gasteiger partial charge in [0.15, 0.2) is 0 Å². The van der Waals surface area contributed by atoms with Crippen LogP contribution < -0.4 is 19.9 Å². The molecule has 0 fully saturated rings. The molecule has 1 aromatic heterocycles. The average Bonchev–Trinajstić information content (AvgIpc) is 3.04. The van der Waals surface area contributed by atoms with Crippen LogP contribution >= 0.6 is 0 Å². The van der Waals surface area contributed by atoms with Crippen LogP contribution in [-0.2, 0) is 6.42 Å². The van der Waals surface area contributed by atoms with Crippen LogP contribution in [0.25, 0.3) is 0 Å². The summed E-state index contributed by atoms with van der Waals surface area (Å²) in [5, 5.41) is 3.13. The minimum Gasteiger partial charge on any atom is -0.489 e. The Balaban J connectivity index is 1.46. The molecule has 202 valence electrons. The van der Waals surface area contributed by atoms with E-state index in [9.17, 15) is 4.79 Å². The number of aromatic nitrogens is 2. The van der Waals surface area contributed by atoms with Gasteiger partial charge in [0.1, 0.15) is 23.2 Å². The number of nitrogens with one attached hydrogen (secondary N) is 1. The minimum atomic E-state index is -0.106. The second kappa shape index (κ2) is 12.7. The maximum absolute atomic E-state index is 13.6. The fourth-order valence-electron chi connectivity index (χ4n) is 4.55. The zero-order valence-corrected chi connectivity index (χ0v) is 23.2. The highest BCUT2D eigenvalue weighted by molar-refractivity contribution is 6.09. The summed E-state index contributed by atoms with van der Waals surface area (Å²) in [4.78, 5) is 28.6. The van der Waals surface area contributed by atoms with Crippen molar-refractivity contribution in [2.24, 2.45) is 5.92 Å². The highest BCUT2D eigenvalue weighted by atomic mass is 16.5. The number of anilines is 3. The zero-order chi connectivity index (χ0) is 27.1. The number of benzene rings is 2. The number of carbonyl (C=O) groups excluding carboxylic acids is 1. The molecule has 3 aromatic rings. The maximum Gasteiger partial charge on any atom is 0.263 e. The Morgan fingerprint density at radius 2 is 1.89 bits per heavy atom. The first-order valence-electron chi connectivity index (χ1n) is 13.5. The number of hydrogen-bond acceptors (Lipinski definition) is 7. The predicted molar refractivity (Wildman–Crippen MR) is 154 cm³/mol. The van der Waals surface area contributed by atoms with E-state index in [2.05, 4.69) is 71.4 Å². The van der Waals surface area contributed by atoms with Crippen molar-refractivity contribution in [1.82, 2.24) is 14.9 Å². The number of likely N-dealkylation sites (N-methyl/N-ethyl adjacent to an activating group) is 2. The lowest BCUT2D eigenvalue weighted by molar-refractivity contribution is 0.0989. The molecule has 1 N–H and O–H groups in total.